The third-order valence-electron chi connectivity index (χ3n) is 2.41. The van der Waals surface area contributed by atoms with Gasteiger partial charge in [0.25, 0.3) is 5.91 Å². The molecule has 0 unspecified atom stereocenters. The quantitative estimate of drug-likeness (QED) is 0.694. The lowest BCUT2D eigenvalue weighted by molar-refractivity contribution is -0.120. The Labute approximate surface area is 126 Å². The minimum Gasteiger partial charge on any atom is -0.356 e. The van der Waals surface area contributed by atoms with Crippen LogP contribution in [0.3, 0.4) is 0 Å². The lowest BCUT2D eigenvalue weighted by Crippen LogP contribution is -2.31. The van der Waals surface area contributed by atoms with Gasteiger partial charge in [0.2, 0.25) is 5.91 Å². The van der Waals surface area contributed by atoms with Crippen molar-refractivity contribution in [3.8, 4) is 0 Å². The fourth-order valence-corrected chi connectivity index (χ4v) is 2.29. The number of hydrogen-bond donors (Lipinski definition) is 3. The summed E-state index contributed by atoms with van der Waals surface area (Å²) in [5.41, 5.74) is 0.500. The average molecular weight is 345 g/mol. The number of rotatable bonds is 6. The second-order valence-corrected chi connectivity index (χ2v) is 5.41. The van der Waals surface area contributed by atoms with Gasteiger partial charge in [0.15, 0.2) is 0 Å². The van der Waals surface area contributed by atoms with Gasteiger partial charge in [0, 0.05) is 28.9 Å². The smallest absolute Gasteiger partial charge is 0.252 e. The highest BCUT2D eigenvalue weighted by Gasteiger charge is 2.09. The predicted octanol–water partition coefficient (Wildman–Crippen LogP) is 2.38. The Morgan fingerprint density at radius 1 is 1.26 bits per heavy atom. The molecular weight excluding hydrogens is 328 g/mol. The number of benzene rings is 1. The van der Waals surface area contributed by atoms with Crippen LogP contribution >= 0.6 is 28.6 Å². The Kier molecular flexibility index (Phi) is 6.94. The molecule has 104 valence electrons. The zero-order chi connectivity index (χ0) is 14.3. The molecule has 0 saturated carbocycles. The number of carbonyl (C=O) groups excluding carboxylic acids is 2. The van der Waals surface area contributed by atoms with Gasteiger partial charge in [-0.3, -0.25) is 9.59 Å². The van der Waals surface area contributed by atoms with Gasteiger partial charge in [-0.15, -0.1) is 12.6 Å². The molecule has 1 rings (SSSR count). The van der Waals surface area contributed by atoms with Crippen molar-refractivity contribution >= 4 is 40.4 Å². The minimum atomic E-state index is -0.221. The van der Waals surface area contributed by atoms with Gasteiger partial charge in [-0.25, -0.2) is 0 Å². The molecule has 0 atom stereocenters. The van der Waals surface area contributed by atoms with E-state index in [4.69, 9.17) is 0 Å². The van der Waals surface area contributed by atoms with E-state index in [-0.39, 0.29) is 18.2 Å². The first kappa shape index (κ1) is 16.0. The highest BCUT2D eigenvalue weighted by molar-refractivity contribution is 9.10. The van der Waals surface area contributed by atoms with Crippen LogP contribution in [-0.2, 0) is 4.79 Å². The van der Waals surface area contributed by atoms with Crippen molar-refractivity contribution in [3.63, 3.8) is 0 Å². The van der Waals surface area contributed by atoms with Gasteiger partial charge in [0.1, 0.15) is 0 Å². The number of nitrogens with one attached hydrogen (secondary N) is 2. The molecule has 2 N–H and O–H groups in total. The number of halogens is 1. The fraction of sp³-hybridized carbons (Fsp3) is 0.385. The van der Waals surface area contributed by atoms with Gasteiger partial charge in [-0.05, 0) is 24.6 Å². The summed E-state index contributed by atoms with van der Waals surface area (Å²) >= 11 is 7.55. The first-order chi connectivity index (χ1) is 9.04. The molecule has 0 fully saturated rings. The first-order valence-corrected chi connectivity index (χ1v) is 7.32. The normalized spacial score (nSPS) is 10.1. The summed E-state index contributed by atoms with van der Waals surface area (Å²) in [6.07, 6.45) is 1.18. The van der Waals surface area contributed by atoms with E-state index < -0.39 is 0 Å². The Morgan fingerprint density at radius 3 is 2.63 bits per heavy atom. The fourth-order valence-electron chi connectivity index (χ4n) is 1.43. The zero-order valence-corrected chi connectivity index (χ0v) is 13.2. The van der Waals surface area contributed by atoms with Crippen LogP contribution < -0.4 is 10.6 Å². The van der Waals surface area contributed by atoms with Crippen LogP contribution in [0, 0.1) is 0 Å². The van der Waals surface area contributed by atoms with Crippen LogP contribution in [0.2, 0.25) is 0 Å². The van der Waals surface area contributed by atoms with Crippen LogP contribution in [0.1, 0.15) is 30.1 Å². The standard InChI is InChI=1S/C13H17BrN2O2S/c1-2-6-15-12(17)5-7-16-13(18)10-4-3-9(14)8-11(10)19/h3-4,8,19H,2,5-7H2,1H3,(H,15,17)(H,16,18). The topological polar surface area (TPSA) is 58.2 Å². The van der Waals surface area contributed by atoms with Crippen molar-refractivity contribution in [3.05, 3.63) is 28.2 Å². The molecule has 0 aliphatic carbocycles. The summed E-state index contributed by atoms with van der Waals surface area (Å²) in [7, 11) is 0. The lowest BCUT2D eigenvalue weighted by atomic mass is 10.2. The van der Waals surface area contributed by atoms with E-state index in [0.29, 0.717) is 23.5 Å². The van der Waals surface area contributed by atoms with Crippen LogP contribution in [0.15, 0.2) is 27.6 Å². The molecule has 0 aromatic heterocycles. The summed E-state index contributed by atoms with van der Waals surface area (Å²) in [5.74, 6) is -0.273. The third kappa shape index (κ3) is 5.65. The third-order valence-corrected chi connectivity index (χ3v) is 3.28. The van der Waals surface area contributed by atoms with Gasteiger partial charge in [-0.1, -0.05) is 22.9 Å². The molecule has 0 radical (unpaired) electrons. The molecular formula is C13H17BrN2O2S. The minimum absolute atomic E-state index is 0.0518. The zero-order valence-electron chi connectivity index (χ0n) is 10.7. The van der Waals surface area contributed by atoms with Crippen molar-refractivity contribution in [1.29, 1.82) is 0 Å². The van der Waals surface area contributed by atoms with E-state index in [0.717, 1.165) is 10.9 Å². The monoisotopic (exact) mass is 344 g/mol. The molecule has 0 aliphatic rings. The summed E-state index contributed by atoms with van der Waals surface area (Å²) < 4.78 is 0.869. The maximum Gasteiger partial charge on any atom is 0.252 e. The lowest BCUT2D eigenvalue weighted by Gasteiger charge is -2.08. The van der Waals surface area contributed by atoms with Gasteiger partial charge in [0.05, 0.1) is 5.56 Å². The highest BCUT2D eigenvalue weighted by Crippen LogP contribution is 2.19. The summed E-state index contributed by atoms with van der Waals surface area (Å²) in [6.45, 7) is 2.97. The average Bonchev–Trinajstić information content (AvgIpc) is 2.36. The molecule has 6 heteroatoms. The Hall–Kier alpha value is -1.01. The van der Waals surface area contributed by atoms with Crippen LogP contribution in [0.5, 0.6) is 0 Å². The number of carbonyl (C=O) groups is 2. The molecule has 0 heterocycles. The number of amides is 2. The molecule has 0 spiro atoms. The maximum atomic E-state index is 11.9. The second-order valence-electron chi connectivity index (χ2n) is 4.02. The van der Waals surface area contributed by atoms with E-state index in [1.165, 1.54) is 0 Å². The summed E-state index contributed by atoms with van der Waals surface area (Å²) in [6, 6.07) is 5.23. The largest absolute Gasteiger partial charge is 0.356 e. The van der Waals surface area contributed by atoms with E-state index >= 15 is 0 Å². The molecule has 1 aromatic rings. The molecule has 0 saturated heterocycles. The Morgan fingerprint density at radius 2 is 2.00 bits per heavy atom. The number of hydrogen-bond acceptors (Lipinski definition) is 3. The van der Waals surface area contributed by atoms with E-state index in [1.807, 2.05) is 6.92 Å². The molecule has 19 heavy (non-hydrogen) atoms. The highest BCUT2D eigenvalue weighted by atomic mass is 79.9. The molecule has 4 nitrogen and oxygen atoms in total. The van der Waals surface area contributed by atoms with Crippen molar-refractivity contribution in [2.45, 2.75) is 24.7 Å². The predicted molar refractivity (Wildman–Crippen MR) is 81.6 cm³/mol. The van der Waals surface area contributed by atoms with E-state index in [9.17, 15) is 9.59 Å². The molecule has 2 amide bonds. The first-order valence-electron chi connectivity index (χ1n) is 6.08. The van der Waals surface area contributed by atoms with Crippen molar-refractivity contribution in [2.75, 3.05) is 13.1 Å². The van der Waals surface area contributed by atoms with E-state index in [1.54, 1.807) is 18.2 Å². The summed E-state index contributed by atoms with van der Waals surface area (Å²) in [5, 5.41) is 5.46. The van der Waals surface area contributed by atoms with Crippen molar-refractivity contribution < 1.29 is 9.59 Å². The SMILES string of the molecule is CCCNC(=O)CCNC(=O)c1ccc(Br)cc1S. The van der Waals surface area contributed by atoms with Crippen molar-refractivity contribution in [1.82, 2.24) is 10.6 Å². The van der Waals surface area contributed by atoms with Gasteiger partial charge in [-0.2, -0.15) is 0 Å². The second kappa shape index (κ2) is 8.22. The van der Waals surface area contributed by atoms with Crippen molar-refractivity contribution in [2.24, 2.45) is 0 Å². The van der Waals surface area contributed by atoms with Crippen LogP contribution in [0.25, 0.3) is 0 Å². The Bertz CT molecular complexity index is 466. The molecule has 1 aromatic carbocycles. The van der Waals surface area contributed by atoms with Crippen LogP contribution in [-0.4, -0.2) is 24.9 Å². The van der Waals surface area contributed by atoms with Gasteiger partial charge < -0.3 is 10.6 Å². The molecule has 0 aliphatic heterocycles. The summed E-state index contributed by atoms with van der Waals surface area (Å²) in [4.78, 5) is 23.8. The van der Waals surface area contributed by atoms with Gasteiger partial charge >= 0.3 is 0 Å². The Balaban J connectivity index is 2.41. The molecule has 0 bridgehead atoms. The number of thiol groups is 1. The maximum absolute atomic E-state index is 11.9. The van der Waals surface area contributed by atoms with E-state index in [2.05, 4.69) is 39.2 Å². The van der Waals surface area contributed by atoms with Crippen LogP contribution in [0.4, 0.5) is 0 Å².